The molecule has 3 aromatic rings. The van der Waals surface area contributed by atoms with Crippen LogP contribution in [0.25, 0.3) is 22.2 Å². The molecule has 1 aliphatic heterocycles. The Kier molecular flexibility index (Phi) is 4.52. The van der Waals surface area contributed by atoms with Crippen LogP contribution in [0.15, 0.2) is 22.7 Å². The van der Waals surface area contributed by atoms with Crippen molar-refractivity contribution in [1.29, 1.82) is 0 Å². The average Bonchev–Trinajstić information content (AvgIpc) is 3.33. The molecule has 4 rings (SSSR count). The topological polar surface area (TPSA) is 99.3 Å². The van der Waals surface area contributed by atoms with Crippen molar-refractivity contribution < 1.29 is 14.4 Å². The molecule has 26 heavy (non-hydrogen) atoms. The molecule has 2 atom stereocenters. The van der Waals surface area contributed by atoms with Crippen molar-refractivity contribution >= 4 is 11.0 Å². The number of aliphatic hydroxyl groups is 1. The molecular weight excluding hydrogens is 332 g/mol. The summed E-state index contributed by atoms with van der Waals surface area (Å²) in [5.41, 5.74) is 11.1. The molecule has 138 valence electrons. The van der Waals surface area contributed by atoms with Gasteiger partial charge in [-0.2, -0.15) is 0 Å². The molecule has 1 saturated heterocycles. The maximum Gasteiger partial charge on any atom is 0.141 e. The van der Waals surface area contributed by atoms with Crippen molar-refractivity contribution in [1.82, 2.24) is 14.7 Å². The van der Waals surface area contributed by atoms with Crippen LogP contribution in [-0.2, 0) is 4.74 Å². The molecule has 7 nitrogen and oxygen atoms in total. The van der Waals surface area contributed by atoms with Gasteiger partial charge in [-0.15, -0.1) is 0 Å². The van der Waals surface area contributed by atoms with Crippen LogP contribution in [0.3, 0.4) is 0 Å². The SMILES string of the molecule is Cc1noc(C)c1-c1ccc2c(c1)nc([C@@H](N)CCO)n2[C@@H]1CCOC1. The largest absolute Gasteiger partial charge is 0.396 e. The lowest BCUT2D eigenvalue weighted by atomic mass is 10.0. The van der Waals surface area contributed by atoms with E-state index in [0.717, 1.165) is 52.5 Å². The fourth-order valence-electron chi connectivity index (χ4n) is 3.81. The number of nitrogens with zero attached hydrogens (tertiary/aromatic N) is 3. The van der Waals surface area contributed by atoms with Gasteiger partial charge in [0.2, 0.25) is 0 Å². The second-order valence-corrected chi connectivity index (χ2v) is 6.88. The smallest absolute Gasteiger partial charge is 0.141 e. The van der Waals surface area contributed by atoms with Gasteiger partial charge in [-0.3, -0.25) is 0 Å². The third-order valence-electron chi connectivity index (χ3n) is 5.08. The van der Waals surface area contributed by atoms with Gasteiger partial charge in [0.25, 0.3) is 0 Å². The van der Waals surface area contributed by atoms with Crippen molar-refractivity contribution in [2.45, 2.75) is 38.8 Å². The summed E-state index contributed by atoms with van der Waals surface area (Å²) in [7, 11) is 0. The lowest BCUT2D eigenvalue weighted by Gasteiger charge is -2.18. The van der Waals surface area contributed by atoms with Crippen molar-refractivity contribution in [3.8, 4) is 11.1 Å². The van der Waals surface area contributed by atoms with E-state index in [1.807, 2.05) is 13.8 Å². The molecule has 3 N–H and O–H groups in total. The van der Waals surface area contributed by atoms with Gasteiger partial charge in [-0.05, 0) is 44.4 Å². The Bertz CT molecular complexity index is 905. The first-order chi connectivity index (χ1) is 12.6. The van der Waals surface area contributed by atoms with Crippen LogP contribution < -0.4 is 5.73 Å². The number of benzene rings is 1. The Balaban J connectivity index is 1.86. The predicted molar refractivity (Wildman–Crippen MR) is 97.8 cm³/mol. The number of ether oxygens (including phenoxy) is 1. The van der Waals surface area contributed by atoms with E-state index in [0.29, 0.717) is 13.0 Å². The summed E-state index contributed by atoms with van der Waals surface area (Å²) in [4.78, 5) is 4.83. The second-order valence-electron chi connectivity index (χ2n) is 6.88. The van der Waals surface area contributed by atoms with Crippen LogP contribution in [0.2, 0.25) is 0 Å². The molecule has 1 aliphatic rings. The number of hydrogen-bond donors (Lipinski definition) is 2. The Morgan fingerprint density at radius 2 is 2.23 bits per heavy atom. The predicted octanol–water partition coefficient (Wildman–Crippen LogP) is 2.65. The molecule has 0 bridgehead atoms. The number of nitrogens with two attached hydrogens (primary N) is 1. The minimum Gasteiger partial charge on any atom is -0.396 e. The summed E-state index contributed by atoms with van der Waals surface area (Å²) in [6, 6.07) is 6.13. The average molecular weight is 356 g/mol. The first-order valence-corrected chi connectivity index (χ1v) is 8.99. The Morgan fingerprint density at radius 1 is 1.38 bits per heavy atom. The van der Waals surface area contributed by atoms with E-state index in [1.165, 1.54) is 0 Å². The molecule has 0 aliphatic carbocycles. The summed E-state index contributed by atoms with van der Waals surface area (Å²) >= 11 is 0. The summed E-state index contributed by atoms with van der Waals surface area (Å²) in [6.07, 6.45) is 1.42. The summed E-state index contributed by atoms with van der Waals surface area (Å²) < 4.78 is 13.1. The molecule has 1 fully saturated rings. The number of aliphatic hydroxyl groups excluding tert-OH is 1. The first kappa shape index (κ1) is 17.2. The zero-order chi connectivity index (χ0) is 18.3. The summed E-state index contributed by atoms with van der Waals surface area (Å²) in [5.74, 6) is 1.60. The van der Waals surface area contributed by atoms with Crippen molar-refractivity contribution in [3.63, 3.8) is 0 Å². The maximum absolute atomic E-state index is 9.30. The van der Waals surface area contributed by atoms with E-state index in [2.05, 4.69) is 27.9 Å². The van der Waals surface area contributed by atoms with Gasteiger partial charge in [0.05, 0.1) is 35.4 Å². The number of imidazole rings is 1. The van der Waals surface area contributed by atoms with Gasteiger partial charge in [0.1, 0.15) is 11.6 Å². The van der Waals surface area contributed by atoms with Gasteiger partial charge in [-0.25, -0.2) is 4.98 Å². The maximum atomic E-state index is 9.30. The zero-order valence-electron chi connectivity index (χ0n) is 15.1. The van der Waals surface area contributed by atoms with Crippen LogP contribution in [0.5, 0.6) is 0 Å². The van der Waals surface area contributed by atoms with E-state index in [-0.39, 0.29) is 18.7 Å². The highest BCUT2D eigenvalue weighted by molar-refractivity contribution is 5.83. The number of aromatic nitrogens is 3. The van der Waals surface area contributed by atoms with Crippen molar-refractivity contribution in [3.05, 3.63) is 35.5 Å². The highest BCUT2D eigenvalue weighted by Gasteiger charge is 2.26. The van der Waals surface area contributed by atoms with Crippen LogP contribution in [0.4, 0.5) is 0 Å². The number of hydrogen-bond acceptors (Lipinski definition) is 6. The van der Waals surface area contributed by atoms with Crippen LogP contribution in [0.1, 0.15) is 42.2 Å². The summed E-state index contributed by atoms with van der Waals surface area (Å²) in [5, 5.41) is 13.3. The molecule has 3 heterocycles. The number of aryl methyl sites for hydroxylation is 2. The lowest BCUT2D eigenvalue weighted by Crippen LogP contribution is -2.21. The van der Waals surface area contributed by atoms with Gasteiger partial charge >= 0.3 is 0 Å². The third-order valence-corrected chi connectivity index (χ3v) is 5.08. The molecular formula is C19H24N4O3. The van der Waals surface area contributed by atoms with E-state index < -0.39 is 0 Å². The van der Waals surface area contributed by atoms with E-state index in [1.54, 1.807) is 0 Å². The molecule has 0 amide bonds. The van der Waals surface area contributed by atoms with Crippen LogP contribution in [-0.4, -0.2) is 39.6 Å². The molecule has 0 spiro atoms. The van der Waals surface area contributed by atoms with Gasteiger partial charge < -0.3 is 24.7 Å². The fraction of sp³-hybridized carbons (Fsp3) is 0.474. The Morgan fingerprint density at radius 3 is 2.88 bits per heavy atom. The minimum atomic E-state index is -0.310. The standard InChI is InChI=1S/C19H24N4O3/c1-11-18(12(2)26-22-11)13-3-4-17-16(9-13)21-19(15(20)5-7-24)23(17)14-6-8-25-10-14/h3-4,9,14-15,24H,5-8,10,20H2,1-2H3/t14-,15+/m1/s1. The van der Waals surface area contributed by atoms with Gasteiger partial charge in [0, 0.05) is 18.8 Å². The Hall–Kier alpha value is -2.22. The quantitative estimate of drug-likeness (QED) is 0.729. The fourth-order valence-corrected chi connectivity index (χ4v) is 3.81. The number of rotatable bonds is 5. The monoisotopic (exact) mass is 356 g/mol. The molecule has 7 heteroatoms. The third kappa shape index (κ3) is 2.82. The normalized spacial score (nSPS) is 18.7. The highest BCUT2D eigenvalue weighted by atomic mass is 16.5. The van der Waals surface area contributed by atoms with E-state index in [9.17, 15) is 5.11 Å². The van der Waals surface area contributed by atoms with Crippen molar-refractivity contribution in [2.75, 3.05) is 19.8 Å². The van der Waals surface area contributed by atoms with Gasteiger partial charge in [0.15, 0.2) is 0 Å². The molecule has 1 aromatic carbocycles. The zero-order valence-corrected chi connectivity index (χ0v) is 15.1. The van der Waals surface area contributed by atoms with E-state index >= 15 is 0 Å². The van der Waals surface area contributed by atoms with Crippen LogP contribution >= 0.6 is 0 Å². The molecule has 0 radical (unpaired) electrons. The Labute approximate surface area is 151 Å². The van der Waals surface area contributed by atoms with Gasteiger partial charge in [-0.1, -0.05) is 11.2 Å². The second kappa shape index (κ2) is 6.83. The molecule has 2 aromatic heterocycles. The first-order valence-electron chi connectivity index (χ1n) is 8.99. The van der Waals surface area contributed by atoms with E-state index in [4.69, 9.17) is 20.0 Å². The molecule has 0 saturated carbocycles. The van der Waals surface area contributed by atoms with Crippen LogP contribution in [0, 0.1) is 13.8 Å². The van der Waals surface area contributed by atoms with Crippen molar-refractivity contribution in [2.24, 2.45) is 5.73 Å². The lowest BCUT2D eigenvalue weighted by molar-refractivity contribution is 0.186. The molecule has 0 unspecified atom stereocenters. The number of fused-ring (bicyclic) bond motifs is 1. The minimum absolute atomic E-state index is 0.0376. The summed E-state index contributed by atoms with van der Waals surface area (Å²) in [6.45, 7) is 5.30. The highest BCUT2D eigenvalue weighted by Crippen LogP contribution is 2.34.